The van der Waals surface area contributed by atoms with Gasteiger partial charge in [-0.2, -0.15) is 0 Å². The van der Waals surface area contributed by atoms with Gasteiger partial charge in [-0.15, -0.1) is 0 Å². The summed E-state index contributed by atoms with van der Waals surface area (Å²) in [5.41, 5.74) is 1.66. The molecular weight excluding hydrogens is 460 g/mol. The number of carbonyl (C=O) groups is 2. The summed E-state index contributed by atoms with van der Waals surface area (Å²) in [6.07, 6.45) is 0. The molecule has 10 heteroatoms. The Kier molecular flexibility index (Phi) is 7.14. The van der Waals surface area contributed by atoms with Crippen molar-refractivity contribution in [3.8, 4) is 17.2 Å². The number of nitrogens with one attached hydrogen (secondary N) is 2. The topological polar surface area (TPSA) is 96.1 Å². The van der Waals surface area contributed by atoms with Gasteiger partial charge in [-0.1, -0.05) is 23.7 Å². The number of H-pyrrole nitrogens is 1. The van der Waals surface area contributed by atoms with Crippen LogP contribution in [0.15, 0.2) is 36.4 Å². The van der Waals surface area contributed by atoms with Gasteiger partial charge in [0.2, 0.25) is 5.91 Å². The lowest BCUT2D eigenvalue weighted by molar-refractivity contribution is -0.117. The Bertz CT molecular complexity index is 1200. The standard InChI is InChI=1S/C24H27ClN4O5/c1-32-19-13-20(33-2)23(34-3)22-15(19)12-18(27-22)24(31)29-10-8-28(9-11-29)14-21(30)26-17-7-5-4-6-16(17)25/h4-7,12-13,27H,8-11,14H2,1-3H3,(H,26,30). The molecule has 180 valence electrons. The number of benzene rings is 2. The average Bonchev–Trinajstić information content (AvgIpc) is 3.29. The first-order valence-corrected chi connectivity index (χ1v) is 11.2. The van der Waals surface area contributed by atoms with E-state index in [4.69, 9.17) is 25.8 Å². The van der Waals surface area contributed by atoms with Crippen molar-refractivity contribution in [2.45, 2.75) is 0 Å². The van der Waals surface area contributed by atoms with Crippen molar-refractivity contribution in [2.75, 3.05) is 59.4 Å². The van der Waals surface area contributed by atoms with E-state index in [9.17, 15) is 9.59 Å². The fourth-order valence-electron chi connectivity index (χ4n) is 4.09. The minimum absolute atomic E-state index is 0.126. The van der Waals surface area contributed by atoms with Crippen LogP contribution in [0.4, 0.5) is 5.69 Å². The van der Waals surface area contributed by atoms with Gasteiger partial charge in [-0.05, 0) is 18.2 Å². The van der Waals surface area contributed by atoms with Crippen molar-refractivity contribution in [3.63, 3.8) is 0 Å². The molecule has 1 fully saturated rings. The zero-order valence-electron chi connectivity index (χ0n) is 19.3. The fourth-order valence-corrected chi connectivity index (χ4v) is 4.27. The predicted octanol–water partition coefficient (Wildman–Crippen LogP) is 3.24. The van der Waals surface area contributed by atoms with Crippen LogP contribution in [0, 0.1) is 0 Å². The Labute approximate surface area is 202 Å². The van der Waals surface area contributed by atoms with Gasteiger partial charge in [0.15, 0.2) is 11.5 Å². The van der Waals surface area contributed by atoms with E-state index in [0.29, 0.717) is 65.3 Å². The molecule has 2 N–H and O–H groups in total. The molecule has 0 atom stereocenters. The number of piperazine rings is 1. The molecule has 2 heterocycles. The van der Waals surface area contributed by atoms with Crippen LogP contribution in [0.5, 0.6) is 17.2 Å². The second kappa shape index (κ2) is 10.2. The number of aromatic nitrogens is 1. The maximum Gasteiger partial charge on any atom is 0.270 e. The van der Waals surface area contributed by atoms with Crippen molar-refractivity contribution in [3.05, 3.63) is 47.1 Å². The summed E-state index contributed by atoms with van der Waals surface area (Å²) < 4.78 is 16.4. The van der Waals surface area contributed by atoms with Crippen molar-refractivity contribution in [1.29, 1.82) is 0 Å². The lowest BCUT2D eigenvalue weighted by atomic mass is 10.2. The van der Waals surface area contributed by atoms with Crippen LogP contribution in [-0.4, -0.2) is 80.7 Å². The quantitative estimate of drug-likeness (QED) is 0.532. The van der Waals surface area contributed by atoms with E-state index >= 15 is 0 Å². The zero-order chi connectivity index (χ0) is 24.2. The van der Waals surface area contributed by atoms with Crippen LogP contribution < -0.4 is 19.5 Å². The minimum Gasteiger partial charge on any atom is -0.496 e. The summed E-state index contributed by atoms with van der Waals surface area (Å²) in [5.74, 6) is 1.33. The maximum absolute atomic E-state index is 13.2. The van der Waals surface area contributed by atoms with Gasteiger partial charge < -0.3 is 29.4 Å². The highest BCUT2D eigenvalue weighted by Crippen LogP contribution is 2.41. The first-order chi connectivity index (χ1) is 16.4. The van der Waals surface area contributed by atoms with Gasteiger partial charge in [0.05, 0.1) is 44.1 Å². The third-order valence-corrected chi connectivity index (χ3v) is 6.17. The molecule has 1 aromatic heterocycles. The summed E-state index contributed by atoms with van der Waals surface area (Å²) in [4.78, 5) is 32.6. The number of fused-ring (bicyclic) bond motifs is 1. The number of carbonyl (C=O) groups excluding carboxylic acids is 2. The highest BCUT2D eigenvalue weighted by atomic mass is 35.5. The number of halogens is 1. The van der Waals surface area contributed by atoms with E-state index in [-0.39, 0.29) is 18.4 Å². The van der Waals surface area contributed by atoms with E-state index in [2.05, 4.69) is 10.3 Å². The van der Waals surface area contributed by atoms with Gasteiger partial charge in [0.25, 0.3) is 5.91 Å². The Balaban J connectivity index is 1.41. The monoisotopic (exact) mass is 486 g/mol. The second-order valence-corrected chi connectivity index (χ2v) is 8.29. The van der Waals surface area contributed by atoms with E-state index in [1.54, 1.807) is 50.5 Å². The molecule has 0 spiro atoms. The number of nitrogens with zero attached hydrogens (tertiary/aromatic N) is 2. The highest BCUT2D eigenvalue weighted by Gasteiger charge is 2.26. The molecular formula is C24H27ClN4O5. The Hall–Kier alpha value is -3.43. The van der Waals surface area contributed by atoms with E-state index in [0.717, 1.165) is 5.39 Å². The average molecular weight is 487 g/mol. The van der Waals surface area contributed by atoms with E-state index < -0.39 is 0 Å². The molecule has 2 aromatic carbocycles. The van der Waals surface area contributed by atoms with E-state index in [1.165, 1.54) is 0 Å². The number of rotatable bonds is 7. The van der Waals surface area contributed by atoms with Crippen LogP contribution in [0.2, 0.25) is 5.02 Å². The molecule has 34 heavy (non-hydrogen) atoms. The summed E-state index contributed by atoms with van der Waals surface area (Å²) in [5, 5.41) is 4.06. The third kappa shape index (κ3) is 4.76. The van der Waals surface area contributed by atoms with Crippen molar-refractivity contribution in [1.82, 2.24) is 14.8 Å². The number of ether oxygens (including phenoxy) is 3. The van der Waals surface area contributed by atoms with Crippen LogP contribution in [0.25, 0.3) is 10.9 Å². The van der Waals surface area contributed by atoms with Gasteiger partial charge in [-0.3, -0.25) is 14.5 Å². The third-order valence-electron chi connectivity index (χ3n) is 5.85. The number of para-hydroxylation sites is 1. The lowest BCUT2D eigenvalue weighted by Gasteiger charge is -2.34. The van der Waals surface area contributed by atoms with Crippen LogP contribution in [0.1, 0.15) is 10.5 Å². The Morgan fingerprint density at radius 3 is 2.35 bits per heavy atom. The van der Waals surface area contributed by atoms with Crippen LogP contribution in [0.3, 0.4) is 0 Å². The summed E-state index contributed by atoms with van der Waals surface area (Å²) in [7, 11) is 4.66. The largest absolute Gasteiger partial charge is 0.496 e. The first-order valence-electron chi connectivity index (χ1n) is 10.8. The summed E-state index contributed by atoms with van der Waals surface area (Å²) in [6.45, 7) is 2.41. The molecule has 0 bridgehead atoms. The zero-order valence-corrected chi connectivity index (χ0v) is 20.1. The summed E-state index contributed by atoms with van der Waals surface area (Å²) in [6, 6.07) is 10.6. The molecule has 0 unspecified atom stereocenters. The number of anilines is 1. The van der Waals surface area contributed by atoms with Crippen molar-refractivity contribution in [2.24, 2.45) is 0 Å². The van der Waals surface area contributed by atoms with Crippen molar-refractivity contribution < 1.29 is 23.8 Å². The number of methoxy groups -OCH3 is 3. The molecule has 2 amide bonds. The van der Waals surface area contributed by atoms with Crippen LogP contribution in [-0.2, 0) is 4.79 Å². The first kappa shape index (κ1) is 23.7. The number of hydrogen-bond acceptors (Lipinski definition) is 6. The van der Waals surface area contributed by atoms with Crippen LogP contribution >= 0.6 is 11.6 Å². The molecule has 3 aromatic rings. The normalized spacial score (nSPS) is 14.2. The minimum atomic E-state index is -0.142. The molecule has 4 rings (SSSR count). The lowest BCUT2D eigenvalue weighted by Crippen LogP contribution is -2.50. The molecule has 0 aliphatic carbocycles. The fraction of sp³-hybridized carbons (Fsp3) is 0.333. The number of aromatic amines is 1. The number of hydrogen-bond donors (Lipinski definition) is 2. The molecule has 0 radical (unpaired) electrons. The second-order valence-electron chi connectivity index (χ2n) is 7.88. The van der Waals surface area contributed by atoms with E-state index in [1.807, 2.05) is 17.0 Å². The van der Waals surface area contributed by atoms with Gasteiger partial charge in [-0.25, -0.2) is 0 Å². The summed E-state index contributed by atoms with van der Waals surface area (Å²) >= 11 is 6.11. The Morgan fingerprint density at radius 2 is 1.71 bits per heavy atom. The molecule has 0 saturated carbocycles. The smallest absolute Gasteiger partial charge is 0.270 e. The number of amides is 2. The van der Waals surface area contributed by atoms with Crippen molar-refractivity contribution >= 4 is 40.0 Å². The highest BCUT2D eigenvalue weighted by molar-refractivity contribution is 6.33. The predicted molar refractivity (Wildman–Crippen MR) is 130 cm³/mol. The van der Waals surface area contributed by atoms with Gasteiger partial charge >= 0.3 is 0 Å². The van der Waals surface area contributed by atoms with Gasteiger partial charge in [0.1, 0.15) is 11.4 Å². The molecule has 1 aliphatic rings. The maximum atomic E-state index is 13.2. The molecule has 1 saturated heterocycles. The molecule has 1 aliphatic heterocycles. The SMILES string of the molecule is COc1cc(OC)c2cc(C(=O)N3CCN(CC(=O)Nc4ccccc4Cl)CC3)[nH]c2c1OC. The van der Waals surface area contributed by atoms with Gasteiger partial charge in [0, 0.05) is 37.6 Å². The Morgan fingerprint density at radius 1 is 1.00 bits per heavy atom. The molecule has 9 nitrogen and oxygen atoms in total.